The van der Waals surface area contributed by atoms with Crippen LogP contribution in [0.4, 0.5) is 19.0 Å². The molecule has 1 unspecified atom stereocenters. The number of Topliss-reactive ketones (excluding diaryl/α,β-unsaturated/α-hetero) is 1. The number of hydrogen-bond donors (Lipinski definition) is 4. The number of aromatic amines is 1. The Morgan fingerprint density at radius 1 is 1.08 bits per heavy atom. The Balaban J connectivity index is 0.000000384. The van der Waals surface area contributed by atoms with Gasteiger partial charge in [0, 0.05) is 45.5 Å². The smallest absolute Gasteiger partial charge is 0.475 e. The number of aliphatic carboxylic acids is 1. The van der Waals surface area contributed by atoms with Gasteiger partial charge in [-0.1, -0.05) is 35.3 Å². The molecule has 1 aromatic heterocycles. The minimum Gasteiger partial charge on any atom is -0.475 e. The van der Waals surface area contributed by atoms with Gasteiger partial charge in [-0.15, -0.1) is 0 Å². The Kier molecular flexibility index (Phi) is 7.25. The quantitative estimate of drug-likeness (QED) is 0.364. The number of ether oxygens (including phenoxy) is 1. The second kappa shape index (κ2) is 10.2. The molecular formula is C23H17Cl2F3N4O4. The van der Waals surface area contributed by atoms with Crippen LogP contribution in [0, 0.1) is 0 Å². The van der Waals surface area contributed by atoms with E-state index in [1.54, 1.807) is 18.2 Å². The van der Waals surface area contributed by atoms with Crippen molar-refractivity contribution in [3.8, 4) is 11.5 Å². The summed E-state index contributed by atoms with van der Waals surface area (Å²) in [5.41, 5.74) is 3.50. The zero-order chi connectivity index (χ0) is 26.0. The summed E-state index contributed by atoms with van der Waals surface area (Å²) in [7, 11) is 0. The summed E-state index contributed by atoms with van der Waals surface area (Å²) in [5, 5.41) is 21.7. The lowest BCUT2D eigenvalue weighted by atomic mass is 9.79. The van der Waals surface area contributed by atoms with Crippen LogP contribution in [-0.2, 0) is 9.59 Å². The van der Waals surface area contributed by atoms with Crippen LogP contribution in [0.25, 0.3) is 0 Å². The van der Waals surface area contributed by atoms with Gasteiger partial charge in [-0.2, -0.15) is 18.3 Å². The topological polar surface area (TPSA) is 116 Å². The number of aromatic nitrogens is 2. The molecule has 0 bridgehead atoms. The SMILES string of the molecule is O=C(O)C(F)(F)F.O=C1CNCC2=C1C(c1cccc(Oc3cc(Cl)cc(Cl)c3)c1)c1c[nH]nc1N2. The molecular weight excluding hydrogens is 524 g/mol. The standard InChI is InChI=1S/C21H16Cl2N4O2.C2HF3O2/c22-12-5-13(23)7-15(6-12)29-14-3-1-2-11(4-14)19-16-8-25-27-21(16)26-17-9-24-10-18(28)20(17)19;3-2(4,5)1(6)7/h1-8,19,24H,9-10H2,(H2,25,26,27);(H,6,7). The number of fused-ring (bicyclic) bond motifs is 1. The Morgan fingerprint density at radius 2 is 1.78 bits per heavy atom. The summed E-state index contributed by atoms with van der Waals surface area (Å²) >= 11 is 12.1. The van der Waals surface area contributed by atoms with E-state index in [1.807, 2.05) is 30.5 Å². The number of nitrogens with zero attached hydrogens (tertiary/aromatic N) is 1. The van der Waals surface area contributed by atoms with Crippen molar-refractivity contribution in [2.24, 2.45) is 0 Å². The first-order valence-electron chi connectivity index (χ1n) is 10.3. The molecule has 2 aliphatic rings. The van der Waals surface area contributed by atoms with Crippen LogP contribution in [0.5, 0.6) is 11.5 Å². The number of alkyl halides is 3. The number of carboxylic acids is 1. The molecule has 1 atom stereocenters. The molecule has 0 saturated heterocycles. The number of ketones is 1. The van der Waals surface area contributed by atoms with E-state index in [0.29, 0.717) is 34.6 Å². The van der Waals surface area contributed by atoms with Crippen molar-refractivity contribution in [1.29, 1.82) is 0 Å². The Hall–Kier alpha value is -3.54. The molecule has 36 heavy (non-hydrogen) atoms. The van der Waals surface area contributed by atoms with Gasteiger partial charge in [0.05, 0.1) is 6.54 Å². The number of rotatable bonds is 3. The van der Waals surface area contributed by atoms with Crippen molar-refractivity contribution >= 4 is 40.8 Å². The van der Waals surface area contributed by atoms with Crippen molar-refractivity contribution in [2.75, 3.05) is 18.4 Å². The van der Waals surface area contributed by atoms with Gasteiger partial charge in [0.15, 0.2) is 11.6 Å². The van der Waals surface area contributed by atoms with Crippen LogP contribution >= 0.6 is 23.2 Å². The molecule has 0 radical (unpaired) electrons. The van der Waals surface area contributed by atoms with Crippen LogP contribution < -0.4 is 15.4 Å². The third-order valence-electron chi connectivity index (χ3n) is 5.26. The first kappa shape index (κ1) is 25.5. The molecule has 0 amide bonds. The monoisotopic (exact) mass is 540 g/mol. The second-order valence-electron chi connectivity index (χ2n) is 7.75. The zero-order valence-corrected chi connectivity index (χ0v) is 19.6. The molecule has 3 heterocycles. The van der Waals surface area contributed by atoms with Crippen LogP contribution in [0.15, 0.2) is 59.9 Å². The van der Waals surface area contributed by atoms with E-state index < -0.39 is 12.1 Å². The van der Waals surface area contributed by atoms with E-state index >= 15 is 0 Å². The van der Waals surface area contributed by atoms with E-state index in [-0.39, 0.29) is 11.7 Å². The zero-order valence-electron chi connectivity index (χ0n) is 18.1. The van der Waals surface area contributed by atoms with Gasteiger partial charge in [-0.25, -0.2) is 4.79 Å². The highest BCUT2D eigenvalue weighted by atomic mass is 35.5. The summed E-state index contributed by atoms with van der Waals surface area (Å²) in [4.78, 5) is 21.6. The predicted molar refractivity (Wildman–Crippen MR) is 126 cm³/mol. The molecule has 5 rings (SSSR count). The van der Waals surface area contributed by atoms with Gasteiger partial charge in [-0.3, -0.25) is 9.89 Å². The van der Waals surface area contributed by atoms with Gasteiger partial charge in [0.2, 0.25) is 0 Å². The number of H-pyrrole nitrogens is 1. The summed E-state index contributed by atoms with van der Waals surface area (Å²) in [5.74, 6) is -0.991. The summed E-state index contributed by atoms with van der Waals surface area (Å²) < 4.78 is 37.7. The number of anilines is 1. The van der Waals surface area contributed by atoms with E-state index in [0.717, 1.165) is 28.2 Å². The highest BCUT2D eigenvalue weighted by Crippen LogP contribution is 2.42. The maximum Gasteiger partial charge on any atom is 0.490 e. The molecule has 188 valence electrons. The molecule has 2 aliphatic heterocycles. The lowest BCUT2D eigenvalue weighted by Crippen LogP contribution is -2.39. The van der Waals surface area contributed by atoms with Crippen LogP contribution in [0.1, 0.15) is 17.0 Å². The molecule has 4 N–H and O–H groups in total. The van der Waals surface area contributed by atoms with Gasteiger partial charge in [0.25, 0.3) is 0 Å². The molecule has 13 heteroatoms. The normalized spacial score (nSPS) is 16.8. The summed E-state index contributed by atoms with van der Waals surface area (Å²) in [6.07, 6.45) is -3.25. The third-order valence-corrected chi connectivity index (χ3v) is 5.69. The number of nitrogens with one attached hydrogen (secondary N) is 3. The first-order valence-corrected chi connectivity index (χ1v) is 11.1. The lowest BCUT2D eigenvalue weighted by molar-refractivity contribution is -0.192. The third kappa shape index (κ3) is 5.64. The second-order valence-corrected chi connectivity index (χ2v) is 8.62. The van der Waals surface area contributed by atoms with Crippen LogP contribution in [-0.4, -0.2) is 46.3 Å². The highest BCUT2D eigenvalue weighted by molar-refractivity contribution is 6.34. The average molecular weight is 541 g/mol. The van der Waals surface area contributed by atoms with Crippen LogP contribution in [0.3, 0.4) is 0 Å². The fourth-order valence-electron chi connectivity index (χ4n) is 3.85. The summed E-state index contributed by atoms with van der Waals surface area (Å²) in [6, 6.07) is 12.7. The highest BCUT2D eigenvalue weighted by Gasteiger charge is 2.38. The first-order chi connectivity index (χ1) is 17.0. The number of hydrogen-bond acceptors (Lipinski definition) is 6. The molecule has 0 spiro atoms. The predicted octanol–water partition coefficient (Wildman–Crippen LogP) is 5.13. The van der Waals surface area contributed by atoms with Gasteiger partial charge in [-0.05, 0) is 35.9 Å². The lowest BCUT2D eigenvalue weighted by Gasteiger charge is -2.31. The maximum atomic E-state index is 12.7. The Bertz CT molecular complexity index is 1340. The minimum atomic E-state index is -5.08. The molecule has 0 aliphatic carbocycles. The van der Waals surface area contributed by atoms with E-state index in [9.17, 15) is 18.0 Å². The molecule has 8 nitrogen and oxygen atoms in total. The van der Waals surface area contributed by atoms with E-state index in [4.69, 9.17) is 37.8 Å². The number of carboxylic acid groups (broad SMARTS) is 1. The van der Waals surface area contributed by atoms with E-state index in [1.165, 1.54) is 0 Å². The number of benzene rings is 2. The van der Waals surface area contributed by atoms with Crippen molar-refractivity contribution in [1.82, 2.24) is 15.5 Å². The molecule has 0 saturated carbocycles. The number of carbonyl (C=O) groups excluding carboxylic acids is 1. The summed E-state index contributed by atoms with van der Waals surface area (Å²) in [6.45, 7) is 0.919. The van der Waals surface area contributed by atoms with E-state index in [2.05, 4.69) is 20.8 Å². The Labute approximate surface area is 212 Å². The fraction of sp³-hybridized carbons (Fsp3) is 0.174. The van der Waals surface area contributed by atoms with Gasteiger partial charge in [0.1, 0.15) is 11.5 Å². The fourth-order valence-corrected chi connectivity index (χ4v) is 4.36. The van der Waals surface area contributed by atoms with Crippen molar-refractivity contribution in [3.05, 3.63) is 81.1 Å². The van der Waals surface area contributed by atoms with Crippen molar-refractivity contribution in [2.45, 2.75) is 12.1 Å². The number of halogens is 5. The minimum absolute atomic E-state index is 0.0727. The van der Waals surface area contributed by atoms with Crippen molar-refractivity contribution in [3.63, 3.8) is 0 Å². The van der Waals surface area contributed by atoms with Crippen molar-refractivity contribution < 1.29 is 32.6 Å². The van der Waals surface area contributed by atoms with Gasteiger partial charge < -0.3 is 20.5 Å². The number of carbonyl (C=O) groups is 2. The molecule has 3 aromatic rings. The largest absolute Gasteiger partial charge is 0.490 e. The molecule has 0 fully saturated rings. The Morgan fingerprint density at radius 3 is 2.44 bits per heavy atom. The molecule has 2 aromatic carbocycles. The van der Waals surface area contributed by atoms with Gasteiger partial charge >= 0.3 is 12.1 Å². The van der Waals surface area contributed by atoms with Crippen LogP contribution in [0.2, 0.25) is 10.0 Å². The average Bonchev–Trinajstić information content (AvgIpc) is 3.25. The maximum absolute atomic E-state index is 12.7.